The van der Waals surface area contributed by atoms with Crippen molar-refractivity contribution < 1.29 is 0 Å². The van der Waals surface area contributed by atoms with Gasteiger partial charge in [-0.3, -0.25) is 0 Å². The SMILES string of the molecule is Cc1ccc2cnc(CC3CCSCC3)n2c1. The van der Waals surface area contributed by atoms with E-state index in [1.165, 1.54) is 41.3 Å². The van der Waals surface area contributed by atoms with Crippen molar-refractivity contribution in [3.63, 3.8) is 0 Å². The molecular weight excluding hydrogens is 228 g/mol. The molecule has 0 unspecified atom stereocenters. The van der Waals surface area contributed by atoms with Crippen LogP contribution >= 0.6 is 11.8 Å². The summed E-state index contributed by atoms with van der Waals surface area (Å²) in [6.07, 6.45) is 8.04. The second-order valence-corrected chi connectivity index (χ2v) is 6.16. The van der Waals surface area contributed by atoms with Gasteiger partial charge in [0.25, 0.3) is 0 Å². The van der Waals surface area contributed by atoms with Crippen molar-refractivity contribution in [1.29, 1.82) is 0 Å². The first-order chi connectivity index (χ1) is 8.33. The maximum absolute atomic E-state index is 4.59. The molecule has 0 N–H and O–H groups in total. The Kier molecular flexibility index (Phi) is 3.10. The van der Waals surface area contributed by atoms with E-state index in [2.05, 4.69) is 46.4 Å². The van der Waals surface area contributed by atoms with Crippen molar-refractivity contribution in [1.82, 2.24) is 9.38 Å². The van der Waals surface area contributed by atoms with Gasteiger partial charge in [0.2, 0.25) is 0 Å². The van der Waals surface area contributed by atoms with Gasteiger partial charge in [-0.1, -0.05) is 6.07 Å². The molecule has 0 spiro atoms. The standard InChI is InChI=1S/C14H18N2S/c1-11-2-3-13-9-15-14(16(13)10-11)8-12-4-6-17-7-5-12/h2-3,9-10,12H,4-8H2,1H3. The predicted molar refractivity (Wildman–Crippen MR) is 73.7 cm³/mol. The molecule has 0 amide bonds. The summed E-state index contributed by atoms with van der Waals surface area (Å²) in [6, 6.07) is 4.31. The lowest BCUT2D eigenvalue weighted by Gasteiger charge is -2.20. The summed E-state index contributed by atoms with van der Waals surface area (Å²) < 4.78 is 2.26. The summed E-state index contributed by atoms with van der Waals surface area (Å²) >= 11 is 2.09. The fourth-order valence-electron chi connectivity index (χ4n) is 2.51. The molecular formula is C14H18N2S. The maximum atomic E-state index is 4.59. The molecule has 3 rings (SSSR count). The van der Waals surface area contributed by atoms with E-state index in [4.69, 9.17) is 0 Å². The molecule has 90 valence electrons. The molecule has 3 heterocycles. The number of hydrogen-bond donors (Lipinski definition) is 0. The van der Waals surface area contributed by atoms with E-state index in [0.29, 0.717) is 0 Å². The van der Waals surface area contributed by atoms with Crippen molar-refractivity contribution in [3.8, 4) is 0 Å². The zero-order valence-electron chi connectivity index (χ0n) is 10.2. The average Bonchev–Trinajstić information content (AvgIpc) is 2.73. The number of imidazole rings is 1. The van der Waals surface area contributed by atoms with Gasteiger partial charge in [-0.15, -0.1) is 0 Å². The molecule has 0 aliphatic carbocycles. The van der Waals surface area contributed by atoms with Crippen LogP contribution in [0.15, 0.2) is 24.5 Å². The van der Waals surface area contributed by atoms with E-state index >= 15 is 0 Å². The van der Waals surface area contributed by atoms with Crippen LogP contribution in [0.1, 0.15) is 24.2 Å². The van der Waals surface area contributed by atoms with E-state index in [0.717, 1.165) is 12.3 Å². The minimum Gasteiger partial charge on any atom is -0.303 e. The van der Waals surface area contributed by atoms with E-state index in [-0.39, 0.29) is 0 Å². The molecule has 2 nitrogen and oxygen atoms in total. The number of fused-ring (bicyclic) bond motifs is 1. The number of rotatable bonds is 2. The molecule has 3 heteroatoms. The molecule has 1 saturated heterocycles. The Labute approximate surface area is 106 Å². The Morgan fingerprint density at radius 3 is 3.00 bits per heavy atom. The highest BCUT2D eigenvalue weighted by atomic mass is 32.2. The monoisotopic (exact) mass is 246 g/mol. The zero-order valence-corrected chi connectivity index (χ0v) is 11.0. The second kappa shape index (κ2) is 4.73. The van der Waals surface area contributed by atoms with Gasteiger partial charge in [0.1, 0.15) is 5.82 Å². The lowest BCUT2D eigenvalue weighted by molar-refractivity contribution is 0.475. The summed E-state index contributed by atoms with van der Waals surface area (Å²) in [5, 5.41) is 0. The molecule has 0 radical (unpaired) electrons. The van der Waals surface area contributed by atoms with Crippen molar-refractivity contribution in [2.45, 2.75) is 26.2 Å². The fraction of sp³-hybridized carbons (Fsp3) is 0.500. The number of pyridine rings is 1. The minimum atomic E-state index is 0.836. The van der Waals surface area contributed by atoms with E-state index in [9.17, 15) is 0 Å². The van der Waals surface area contributed by atoms with E-state index in [1.807, 2.05) is 6.20 Å². The van der Waals surface area contributed by atoms with Crippen LogP contribution < -0.4 is 0 Å². The van der Waals surface area contributed by atoms with E-state index < -0.39 is 0 Å². The number of aryl methyl sites for hydroxylation is 1. The second-order valence-electron chi connectivity index (χ2n) is 4.94. The molecule has 0 saturated carbocycles. The summed E-state index contributed by atoms with van der Waals surface area (Å²) in [4.78, 5) is 4.59. The van der Waals surface area contributed by atoms with Crippen LogP contribution in [-0.2, 0) is 6.42 Å². The summed E-state index contributed by atoms with van der Waals surface area (Å²) in [6.45, 7) is 2.14. The molecule has 2 aromatic heterocycles. The average molecular weight is 246 g/mol. The predicted octanol–water partition coefficient (Wildman–Crippen LogP) is 3.33. The first-order valence-corrected chi connectivity index (χ1v) is 7.49. The maximum Gasteiger partial charge on any atom is 0.113 e. The molecule has 1 fully saturated rings. The third kappa shape index (κ3) is 2.34. The van der Waals surface area contributed by atoms with Gasteiger partial charge in [-0.05, 0) is 48.8 Å². The Morgan fingerprint density at radius 2 is 2.18 bits per heavy atom. The van der Waals surface area contributed by atoms with Gasteiger partial charge in [0.15, 0.2) is 0 Å². The lowest BCUT2D eigenvalue weighted by atomic mass is 9.98. The van der Waals surface area contributed by atoms with Gasteiger partial charge < -0.3 is 4.40 Å². The quantitative estimate of drug-likeness (QED) is 0.808. The van der Waals surface area contributed by atoms with Crippen LogP contribution in [0.3, 0.4) is 0 Å². The van der Waals surface area contributed by atoms with E-state index in [1.54, 1.807) is 0 Å². The molecule has 0 bridgehead atoms. The smallest absolute Gasteiger partial charge is 0.113 e. The van der Waals surface area contributed by atoms with Crippen molar-refractivity contribution >= 4 is 17.3 Å². The van der Waals surface area contributed by atoms with Gasteiger partial charge in [0, 0.05) is 12.6 Å². The minimum absolute atomic E-state index is 0.836. The fourth-order valence-corrected chi connectivity index (χ4v) is 3.71. The molecule has 1 aliphatic heterocycles. The number of hydrogen-bond acceptors (Lipinski definition) is 2. The van der Waals surface area contributed by atoms with Gasteiger partial charge in [-0.2, -0.15) is 11.8 Å². The molecule has 1 aliphatic rings. The Bertz CT molecular complexity index is 512. The third-order valence-corrected chi connectivity index (χ3v) is 4.61. The number of nitrogens with zero attached hydrogens (tertiary/aromatic N) is 2. The van der Waals surface area contributed by atoms with Crippen molar-refractivity contribution in [3.05, 3.63) is 35.9 Å². The highest BCUT2D eigenvalue weighted by Crippen LogP contribution is 2.25. The zero-order chi connectivity index (χ0) is 11.7. The van der Waals surface area contributed by atoms with Crippen molar-refractivity contribution in [2.24, 2.45) is 5.92 Å². The van der Waals surface area contributed by atoms with Crippen LogP contribution in [0.25, 0.3) is 5.52 Å². The number of thioether (sulfide) groups is 1. The van der Waals surface area contributed by atoms with Gasteiger partial charge in [0.05, 0.1) is 11.7 Å². The topological polar surface area (TPSA) is 17.3 Å². The van der Waals surface area contributed by atoms with Gasteiger partial charge >= 0.3 is 0 Å². The van der Waals surface area contributed by atoms with Crippen molar-refractivity contribution in [2.75, 3.05) is 11.5 Å². The highest BCUT2D eigenvalue weighted by Gasteiger charge is 2.16. The molecule has 0 aromatic carbocycles. The normalized spacial score (nSPS) is 17.7. The third-order valence-electron chi connectivity index (χ3n) is 3.56. The first kappa shape index (κ1) is 11.1. The summed E-state index contributed by atoms with van der Waals surface area (Å²) in [7, 11) is 0. The summed E-state index contributed by atoms with van der Waals surface area (Å²) in [5.74, 6) is 4.72. The van der Waals surface area contributed by atoms with Gasteiger partial charge in [-0.25, -0.2) is 4.98 Å². The van der Waals surface area contributed by atoms with Crippen LogP contribution in [0, 0.1) is 12.8 Å². The Morgan fingerprint density at radius 1 is 1.35 bits per heavy atom. The number of aromatic nitrogens is 2. The largest absolute Gasteiger partial charge is 0.303 e. The highest BCUT2D eigenvalue weighted by molar-refractivity contribution is 7.99. The molecule has 17 heavy (non-hydrogen) atoms. The Balaban J connectivity index is 1.86. The Hall–Kier alpha value is -0.960. The van der Waals surface area contributed by atoms with Crippen LogP contribution in [0.2, 0.25) is 0 Å². The first-order valence-electron chi connectivity index (χ1n) is 6.33. The van der Waals surface area contributed by atoms with Crippen LogP contribution in [0.5, 0.6) is 0 Å². The summed E-state index contributed by atoms with van der Waals surface area (Å²) in [5.41, 5.74) is 2.52. The lowest BCUT2D eigenvalue weighted by Crippen LogP contribution is -2.13. The molecule has 2 aromatic rings. The molecule has 0 atom stereocenters. The van der Waals surface area contributed by atoms with Crippen LogP contribution in [0.4, 0.5) is 0 Å². The van der Waals surface area contributed by atoms with Crippen LogP contribution in [-0.4, -0.2) is 20.9 Å².